The highest BCUT2D eigenvalue weighted by Gasteiger charge is 2.68. The first-order valence-corrected chi connectivity index (χ1v) is 22.5. The Morgan fingerprint density at radius 3 is 2.15 bits per heavy atom. The van der Waals surface area contributed by atoms with Gasteiger partial charge in [0, 0.05) is 32.5 Å². The number of ether oxygens (including phenoxy) is 5. The van der Waals surface area contributed by atoms with Gasteiger partial charge in [-0.2, -0.15) is 0 Å². The van der Waals surface area contributed by atoms with E-state index in [1.807, 2.05) is 25.1 Å². The van der Waals surface area contributed by atoms with Crippen molar-refractivity contribution in [2.75, 3.05) is 13.7 Å². The molecule has 0 aliphatic carbocycles. The second-order valence-electron chi connectivity index (χ2n) is 15.9. The molecule has 2 spiro atoms. The number of methoxy groups -OCH3 is 1. The predicted molar refractivity (Wildman–Crippen MR) is 208 cm³/mol. The van der Waals surface area contributed by atoms with Crippen LogP contribution in [0.25, 0.3) is 0 Å². The van der Waals surface area contributed by atoms with Gasteiger partial charge >= 0.3 is 0 Å². The fraction of sp³-hybridized carbons (Fsp3) is 0.488. The first-order chi connectivity index (χ1) is 25.4. The fourth-order valence-electron chi connectivity index (χ4n) is 8.88. The molecule has 0 amide bonds. The van der Waals surface area contributed by atoms with Crippen LogP contribution < -0.4 is 10.4 Å². The van der Waals surface area contributed by atoms with Crippen LogP contribution in [0.2, 0.25) is 5.04 Å². The molecule has 4 heterocycles. The second kappa shape index (κ2) is 15.3. The van der Waals surface area contributed by atoms with Gasteiger partial charge in [0.05, 0.1) is 23.2 Å². The Bertz CT molecular complexity index is 1810. The first kappa shape index (κ1) is 38.3. The Balaban J connectivity index is 1.06. The highest BCUT2D eigenvalue weighted by Crippen LogP contribution is 2.55. The van der Waals surface area contributed by atoms with Crippen molar-refractivity contribution in [3.8, 4) is 0 Å². The zero-order chi connectivity index (χ0) is 37.3. The monoisotopic (exact) mass is 758 g/mol. The number of hydrogen-bond acceptors (Lipinski definition) is 8. The number of benzene rings is 3. The van der Waals surface area contributed by atoms with E-state index in [0.29, 0.717) is 25.9 Å². The Morgan fingerprint density at radius 2 is 1.53 bits per heavy atom. The van der Waals surface area contributed by atoms with E-state index in [1.165, 1.54) is 10.4 Å². The minimum atomic E-state index is -3.88. The molecule has 1 unspecified atom stereocenters. The van der Waals surface area contributed by atoms with Crippen molar-refractivity contribution >= 4 is 28.5 Å². The summed E-state index contributed by atoms with van der Waals surface area (Å²) in [7, 11) is -4.86. The van der Waals surface area contributed by atoms with Crippen LogP contribution in [0.4, 0.5) is 0 Å². The molecule has 4 aliphatic heterocycles. The topological polar surface area (TPSA) is 89.5 Å². The summed E-state index contributed by atoms with van der Waals surface area (Å²) in [5.74, 6) is -2.96. The predicted octanol–water partition coefficient (Wildman–Crippen LogP) is 7.09. The molecular weight excluding hydrogens is 705 g/mol. The van der Waals surface area contributed by atoms with E-state index in [2.05, 4.69) is 93.6 Å². The Labute approximate surface area is 316 Å². The molecule has 4 aliphatic rings. The average Bonchev–Trinajstić information content (AvgIpc) is 3.70. The summed E-state index contributed by atoms with van der Waals surface area (Å²) in [6, 6.07) is 30.0. The minimum absolute atomic E-state index is 0.0800. The second-order valence-corrected chi connectivity index (χ2v) is 22.4. The lowest BCUT2D eigenvalue weighted by Crippen LogP contribution is -2.66. The molecule has 0 radical (unpaired) electrons. The standard InChI is InChI=1S/C43H54O8SSi/c1-32-29-37-38(30-40(46-5)48-37)50-43(32)39(52(44,45)34-21-11-6-12-22-34)31-42(51-43)27-18-20-33(49-42)19-10-9-17-28-47-53(41(2,3)4,35-23-13-7-14-24-35)36-25-15-8-16-26-36/h6-8,10-16,18-19,21-27,32-33,37-40H,9,17,20,28-31H2,1-5H3/b19-10+/t32?,33-,37+,38+,39+,40-,42+,43-/m1/s1. The molecular formula is C43H54O8SSi. The molecule has 8 nitrogen and oxygen atoms in total. The van der Waals surface area contributed by atoms with E-state index in [4.69, 9.17) is 28.1 Å². The summed E-state index contributed by atoms with van der Waals surface area (Å²) < 4.78 is 68.0. The summed E-state index contributed by atoms with van der Waals surface area (Å²) in [6.07, 6.45) is 10.5. The summed E-state index contributed by atoms with van der Waals surface area (Å²) in [5.41, 5.74) is 0. The maximum Gasteiger partial charge on any atom is 0.261 e. The van der Waals surface area contributed by atoms with Crippen molar-refractivity contribution in [3.63, 3.8) is 0 Å². The van der Waals surface area contributed by atoms with E-state index in [-0.39, 0.29) is 40.6 Å². The van der Waals surface area contributed by atoms with E-state index in [0.717, 1.165) is 12.8 Å². The molecule has 3 aromatic carbocycles. The normalized spacial score (nSPS) is 31.8. The molecule has 10 heteroatoms. The Morgan fingerprint density at radius 1 is 0.887 bits per heavy atom. The lowest BCUT2D eigenvalue weighted by molar-refractivity contribution is -0.354. The highest BCUT2D eigenvalue weighted by molar-refractivity contribution is 7.92. The molecule has 0 bridgehead atoms. The maximum atomic E-state index is 14.4. The van der Waals surface area contributed by atoms with Crippen molar-refractivity contribution < 1.29 is 36.5 Å². The van der Waals surface area contributed by atoms with Gasteiger partial charge in [0.1, 0.15) is 5.25 Å². The lowest BCUT2D eigenvalue weighted by Gasteiger charge is -2.47. The zero-order valence-corrected chi connectivity index (χ0v) is 33.4. The van der Waals surface area contributed by atoms with Gasteiger partial charge in [-0.3, -0.25) is 0 Å². The molecule has 0 N–H and O–H groups in total. The van der Waals surface area contributed by atoms with Gasteiger partial charge in [-0.15, -0.1) is 0 Å². The van der Waals surface area contributed by atoms with Gasteiger partial charge < -0.3 is 28.1 Å². The summed E-state index contributed by atoms with van der Waals surface area (Å²) in [4.78, 5) is 0.247. The number of sulfone groups is 1. The molecule has 3 saturated heterocycles. The van der Waals surface area contributed by atoms with Crippen LogP contribution in [-0.4, -0.2) is 71.9 Å². The van der Waals surface area contributed by atoms with Gasteiger partial charge in [-0.05, 0) is 59.3 Å². The van der Waals surface area contributed by atoms with Crippen molar-refractivity contribution in [2.45, 2.75) is 118 Å². The molecule has 3 aromatic rings. The first-order valence-electron chi connectivity index (χ1n) is 19.0. The van der Waals surface area contributed by atoms with Gasteiger partial charge in [-0.1, -0.05) is 125 Å². The maximum absolute atomic E-state index is 14.4. The van der Waals surface area contributed by atoms with Gasteiger partial charge in [-0.25, -0.2) is 8.42 Å². The Kier molecular flexibility index (Phi) is 11.1. The third-order valence-electron chi connectivity index (χ3n) is 11.4. The fourth-order valence-corrected chi connectivity index (χ4v) is 15.6. The van der Waals surface area contributed by atoms with Crippen LogP contribution in [0, 0.1) is 5.92 Å². The van der Waals surface area contributed by atoms with E-state index < -0.39 is 41.3 Å². The summed E-state index contributed by atoms with van der Waals surface area (Å²) in [6.45, 7) is 9.50. The molecule has 0 saturated carbocycles. The molecule has 3 fully saturated rings. The van der Waals surface area contributed by atoms with Crippen molar-refractivity contribution in [1.29, 1.82) is 0 Å². The van der Waals surface area contributed by atoms with Crippen LogP contribution in [0.3, 0.4) is 0 Å². The number of unbranched alkanes of at least 4 members (excludes halogenated alkanes) is 1. The van der Waals surface area contributed by atoms with Crippen LogP contribution >= 0.6 is 0 Å². The van der Waals surface area contributed by atoms with Crippen molar-refractivity contribution in [3.05, 3.63) is 115 Å². The molecule has 8 atom stereocenters. The Hall–Kier alpha value is -2.93. The number of rotatable bonds is 11. The number of allylic oxidation sites excluding steroid dienone is 1. The number of hydrogen-bond donors (Lipinski definition) is 0. The van der Waals surface area contributed by atoms with Crippen LogP contribution in [-0.2, 0) is 37.9 Å². The van der Waals surface area contributed by atoms with E-state index in [9.17, 15) is 8.42 Å². The smallest absolute Gasteiger partial charge is 0.261 e. The highest BCUT2D eigenvalue weighted by atomic mass is 32.2. The third-order valence-corrected chi connectivity index (χ3v) is 18.6. The quantitative estimate of drug-likeness (QED) is 0.117. The summed E-state index contributed by atoms with van der Waals surface area (Å²) >= 11 is 0. The lowest BCUT2D eigenvalue weighted by atomic mass is 9.86. The van der Waals surface area contributed by atoms with Gasteiger partial charge in [0.15, 0.2) is 27.7 Å². The SMILES string of the molecule is CO[C@H]1C[C@@H]2O[C@@]3(O[C@@]4(C=CC[C@@H](/C=C/CCCO[Si](c5ccccc5)(c5ccccc5)C(C)(C)C)O4)C[C@@H]3S(=O)(=O)c3ccccc3)C(C)C[C@@H]2O1. The molecule has 53 heavy (non-hydrogen) atoms. The summed E-state index contributed by atoms with van der Waals surface area (Å²) in [5, 5.41) is 1.48. The molecule has 0 aromatic heterocycles. The zero-order valence-electron chi connectivity index (χ0n) is 31.6. The largest absolute Gasteiger partial charge is 0.407 e. The van der Waals surface area contributed by atoms with Gasteiger partial charge in [0.25, 0.3) is 8.32 Å². The van der Waals surface area contributed by atoms with Crippen molar-refractivity contribution in [1.82, 2.24) is 0 Å². The van der Waals surface area contributed by atoms with E-state index in [1.54, 1.807) is 31.4 Å². The van der Waals surface area contributed by atoms with E-state index >= 15 is 0 Å². The molecule has 7 rings (SSSR count). The van der Waals surface area contributed by atoms with Crippen molar-refractivity contribution in [2.24, 2.45) is 5.92 Å². The number of fused-ring (bicyclic) bond motifs is 1. The third kappa shape index (κ3) is 7.29. The van der Waals surface area contributed by atoms with Crippen LogP contribution in [0.15, 0.2) is 120 Å². The van der Waals surface area contributed by atoms with Crippen LogP contribution in [0.5, 0.6) is 0 Å². The minimum Gasteiger partial charge on any atom is -0.407 e. The van der Waals surface area contributed by atoms with Crippen LogP contribution in [0.1, 0.15) is 66.2 Å². The van der Waals surface area contributed by atoms with Gasteiger partial charge in [0.2, 0.25) is 0 Å². The average molecular weight is 759 g/mol. The molecule has 284 valence electrons.